The molecule has 10 heteroatoms. The Balaban J connectivity index is 4.68. The highest BCUT2D eigenvalue weighted by molar-refractivity contribution is 5.77. The first-order valence-corrected chi connectivity index (χ1v) is 10.6. The highest BCUT2D eigenvalue weighted by atomic mass is 16.6. The van der Waals surface area contributed by atoms with Gasteiger partial charge in [-0.1, -0.05) is 6.92 Å². The van der Waals surface area contributed by atoms with Crippen molar-refractivity contribution in [2.75, 3.05) is 92.4 Å². The molecule has 0 saturated heterocycles. The molecular weight excluding hydrogens is 392 g/mol. The Morgan fingerprint density at radius 1 is 0.933 bits per heavy atom. The van der Waals surface area contributed by atoms with E-state index in [2.05, 4.69) is 21.6 Å². The average Bonchev–Trinajstić information content (AvgIpc) is 2.64. The first kappa shape index (κ1) is 28.9. The summed E-state index contributed by atoms with van der Waals surface area (Å²) in [5.41, 5.74) is 0. The highest BCUT2D eigenvalue weighted by Crippen LogP contribution is 1.99. The molecule has 0 aliphatic carbocycles. The number of likely N-dealkylation sites (N-methyl/N-ethyl adjacent to an activating group) is 2. The lowest BCUT2D eigenvalue weighted by atomic mass is 10.3. The molecule has 3 N–H and O–H groups in total. The van der Waals surface area contributed by atoms with Crippen LogP contribution in [-0.4, -0.2) is 145 Å². The minimum absolute atomic E-state index is 0.0220. The molecule has 0 radical (unpaired) electrons. The van der Waals surface area contributed by atoms with Crippen molar-refractivity contribution in [3.63, 3.8) is 0 Å². The first-order chi connectivity index (χ1) is 14.2. The molecule has 0 aliphatic rings. The van der Waals surface area contributed by atoms with Crippen molar-refractivity contribution in [2.24, 2.45) is 0 Å². The predicted molar refractivity (Wildman–Crippen MR) is 116 cm³/mol. The topological polar surface area (TPSA) is 117 Å². The van der Waals surface area contributed by atoms with Crippen molar-refractivity contribution in [2.45, 2.75) is 26.9 Å². The Morgan fingerprint density at radius 2 is 1.50 bits per heavy atom. The van der Waals surface area contributed by atoms with Crippen LogP contribution in [0.25, 0.3) is 0 Å². The lowest BCUT2D eigenvalue weighted by molar-refractivity contribution is -0.138. The molecule has 0 aromatic carbocycles. The van der Waals surface area contributed by atoms with E-state index >= 15 is 0 Å². The van der Waals surface area contributed by atoms with Crippen molar-refractivity contribution in [3.05, 3.63) is 0 Å². The number of aliphatic hydroxyl groups is 2. The second-order valence-corrected chi connectivity index (χ2v) is 7.73. The summed E-state index contributed by atoms with van der Waals surface area (Å²) < 4.78 is 5.00. The van der Waals surface area contributed by atoms with Gasteiger partial charge < -0.3 is 25.0 Å². The van der Waals surface area contributed by atoms with Gasteiger partial charge in [0.1, 0.15) is 12.6 Å². The summed E-state index contributed by atoms with van der Waals surface area (Å²) in [5.74, 6) is -0.762. The number of Topliss-reactive ketones (excluding diaryl/α,β-unsaturated/α-hetero) is 1. The molecule has 0 spiro atoms. The van der Waals surface area contributed by atoms with Crippen LogP contribution in [-0.2, 0) is 14.3 Å². The zero-order chi connectivity index (χ0) is 22.9. The third-order valence-corrected chi connectivity index (χ3v) is 4.73. The highest BCUT2D eigenvalue weighted by Gasteiger charge is 2.15. The van der Waals surface area contributed by atoms with Gasteiger partial charge in [-0.25, -0.2) is 0 Å². The fourth-order valence-electron chi connectivity index (χ4n) is 3.13. The standard InChI is InChI=1S/C20H42N4O6/c1-5-22(12-13-30-17-25)8-9-24(15-19(3)27)11-10-23(14-18(2)26)7-6-21(4)16-20(28)29/h18,25-26H,5-17H2,1-4H3,(H,28,29). The number of carboxylic acids is 1. The quantitative estimate of drug-likeness (QED) is 0.160. The Labute approximate surface area is 181 Å². The van der Waals surface area contributed by atoms with Crippen LogP contribution in [0, 0.1) is 0 Å². The summed E-state index contributed by atoms with van der Waals surface area (Å²) in [6, 6.07) is 0. The summed E-state index contributed by atoms with van der Waals surface area (Å²) in [6.45, 7) is 12.1. The van der Waals surface area contributed by atoms with Gasteiger partial charge in [-0.2, -0.15) is 0 Å². The van der Waals surface area contributed by atoms with Crippen molar-refractivity contribution >= 4 is 11.8 Å². The number of rotatable bonds is 20. The number of nitrogens with zero attached hydrogens (tertiary/aromatic N) is 4. The molecule has 1 unspecified atom stereocenters. The lowest BCUT2D eigenvalue weighted by Crippen LogP contribution is -2.45. The van der Waals surface area contributed by atoms with E-state index in [0.29, 0.717) is 45.9 Å². The van der Waals surface area contributed by atoms with Gasteiger partial charge in [-0.05, 0) is 27.4 Å². The van der Waals surface area contributed by atoms with Crippen LogP contribution in [0.1, 0.15) is 20.8 Å². The molecule has 0 saturated carbocycles. The van der Waals surface area contributed by atoms with Crippen LogP contribution >= 0.6 is 0 Å². The third-order valence-electron chi connectivity index (χ3n) is 4.73. The van der Waals surface area contributed by atoms with E-state index in [9.17, 15) is 14.7 Å². The summed E-state index contributed by atoms with van der Waals surface area (Å²) in [4.78, 5) is 30.7. The molecule has 1 atom stereocenters. The Bertz CT molecular complexity index is 467. The molecule has 0 aliphatic heterocycles. The van der Waals surface area contributed by atoms with Crippen molar-refractivity contribution in [1.29, 1.82) is 0 Å². The van der Waals surface area contributed by atoms with Crippen LogP contribution in [0.2, 0.25) is 0 Å². The number of aliphatic hydroxyl groups excluding tert-OH is 2. The largest absolute Gasteiger partial charge is 0.480 e. The van der Waals surface area contributed by atoms with Crippen LogP contribution in [0.3, 0.4) is 0 Å². The fraction of sp³-hybridized carbons (Fsp3) is 0.900. The van der Waals surface area contributed by atoms with Gasteiger partial charge in [0.15, 0.2) is 0 Å². The Kier molecular flexibility index (Phi) is 16.9. The number of aliphatic carboxylic acids is 1. The number of ketones is 1. The Morgan fingerprint density at radius 3 is 2.00 bits per heavy atom. The van der Waals surface area contributed by atoms with Gasteiger partial charge in [-0.15, -0.1) is 0 Å². The molecule has 0 heterocycles. The minimum Gasteiger partial charge on any atom is -0.480 e. The smallest absolute Gasteiger partial charge is 0.317 e. The van der Waals surface area contributed by atoms with E-state index in [4.69, 9.17) is 14.9 Å². The van der Waals surface area contributed by atoms with Crippen LogP contribution in [0.5, 0.6) is 0 Å². The van der Waals surface area contributed by atoms with Gasteiger partial charge in [0.2, 0.25) is 0 Å². The molecule has 0 aromatic rings. The first-order valence-electron chi connectivity index (χ1n) is 10.6. The number of carbonyl (C=O) groups is 2. The third kappa shape index (κ3) is 16.6. The van der Waals surface area contributed by atoms with Gasteiger partial charge >= 0.3 is 5.97 Å². The second-order valence-electron chi connectivity index (χ2n) is 7.73. The normalized spacial score (nSPS) is 13.0. The summed E-state index contributed by atoms with van der Waals surface area (Å²) in [5, 5.41) is 27.4. The number of carboxylic acid groups (broad SMARTS) is 1. The molecule has 10 nitrogen and oxygen atoms in total. The molecule has 0 fully saturated rings. The zero-order valence-electron chi connectivity index (χ0n) is 19.1. The number of hydrogen-bond donors (Lipinski definition) is 3. The van der Waals surface area contributed by atoms with Gasteiger partial charge in [0.25, 0.3) is 0 Å². The van der Waals surface area contributed by atoms with Crippen LogP contribution < -0.4 is 0 Å². The number of hydrogen-bond acceptors (Lipinski definition) is 9. The maximum Gasteiger partial charge on any atom is 0.317 e. The zero-order valence-corrected chi connectivity index (χ0v) is 19.1. The molecule has 0 amide bonds. The number of carbonyl (C=O) groups excluding carboxylic acids is 1. The van der Waals surface area contributed by atoms with E-state index in [1.165, 1.54) is 0 Å². The SMILES string of the molecule is CCN(CCOCO)CCN(CCN(CCN(C)CC(=O)O)CC(C)O)CC(C)=O. The number of ether oxygens (including phenoxy) is 1. The van der Waals surface area contributed by atoms with Gasteiger partial charge in [-0.3, -0.25) is 24.3 Å². The van der Waals surface area contributed by atoms with Gasteiger partial charge in [0.05, 0.1) is 25.8 Å². The second kappa shape index (κ2) is 17.5. The Hall–Kier alpha value is -1.14. The van der Waals surface area contributed by atoms with Gasteiger partial charge in [0, 0.05) is 52.4 Å². The molecule has 0 bridgehead atoms. The van der Waals surface area contributed by atoms with E-state index in [-0.39, 0.29) is 19.1 Å². The summed E-state index contributed by atoms with van der Waals surface area (Å²) >= 11 is 0. The molecule has 0 aromatic heterocycles. The van der Waals surface area contributed by atoms with Crippen LogP contribution in [0.4, 0.5) is 0 Å². The fourth-order valence-corrected chi connectivity index (χ4v) is 3.13. The summed E-state index contributed by atoms with van der Waals surface area (Å²) in [6.07, 6.45) is -0.488. The summed E-state index contributed by atoms with van der Waals surface area (Å²) in [7, 11) is 1.76. The van der Waals surface area contributed by atoms with E-state index < -0.39 is 12.1 Å². The van der Waals surface area contributed by atoms with Crippen molar-refractivity contribution < 1.29 is 29.6 Å². The lowest BCUT2D eigenvalue weighted by Gasteiger charge is -2.30. The van der Waals surface area contributed by atoms with E-state index in [0.717, 1.165) is 26.2 Å². The van der Waals surface area contributed by atoms with Crippen LogP contribution in [0.15, 0.2) is 0 Å². The maximum atomic E-state index is 11.7. The maximum absolute atomic E-state index is 11.7. The molecular formula is C20H42N4O6. The van der Waals surface area contributed by atoms with E-state index in [1.807, 2.05) is 0 Å². The van der Waals surface area contributed by atoms with Crippen molar-refractivity contribution in [1.82, 2.24) is 19.6 Å². The monoisotopic (exact) mass is 434 g/mol. The predicted octanol–water partition coefficient (Wildman–Crippen LogP) is -1.14. The minimum atomic E-state index is -0.864. The molecule has 0 rings (SSSR count). The van der Waals surface area contributed by atoms with Crippen molar-refractivity contribution in [3.8, 4) is 0 Å². The van der Waals surface area contributed by atoms with E-state index in [1.54, 1.807) is 25.8 Å². The molecule has 30 heavy (non-hydrogen) atoms. The average molecular weight is 435 g/mol. The molecule has 178 valence electrons.